The molecular formula is C21H22N2O4. The molecule has 1 aromatic heterocycles. The Morgan fingerprint density at radius 2 is 1.56 bits per heavy atom. The van der Waals surface area contributed by atoms with Gasteiger partial charge in [0.05, 0.1) is 11.6 Å². The summed E-state index contributed by atoms with van der Waals surface area (Å²) in [5.41, 5.74) is 1.72. The Morgan fingerprint density at radius 3 is 2.26 bits per heavy atom. The van der Waals surface area contributed by atoms with Gasteiger partial charge < -0.3 is 14.6 Å². The molecule has 2 aromatic carbocycles. The summed E-state index contributed by atoms with van der Waals surface area (Å²) in [4.78, 5) is 17.3. The normalized spacial score (nSPS) is 16.0. The number of nitrogens with zero attached hydrogens (tertiary/aromatic N) is 2. The van der Waals surface area contributed by atoms with Crippen LogP contribution < -0.4 is 5.43 Å². The zero-order valence-corrected chi connectivity index (χ0v) is 15.0. The number of rotatable bonds is 4. The van der Waals surface area contributed by atoms with Crippen LogP contribution in [0.2, 0.25) is 0 Å². The van der Waals surface area contributed by atoms with Crippen LogP contribution in [0.5, 0.6) is 11.5 Å². The average molecular weight is 366 g/mol. The molecule has 2 heterocycles. The Labute approximate surface area is 156 Å². The number of hydrogen-bond acceptors (Lipinski definition) is 6. The van der Waals surface area contributed by atoms with Crippen LogP contribution in [0.1, 0.15) is 11.1 Å². The van der Waals surface area contributed by atoms with Gasteiger partial charge in [-0.05, 0) is 17.7 Å². The zero-order valence-electron chi connectivity index (χ0n) is 15.0. The van der Waals surface area contributed by atoms with Gasteiger partial charge in [0.15, 0.2) is 16.8 Å². The molecule has 0 radical (unpaired) electrons. The number of hydrogen-bond donors (Lipinski definition) is 2. The van der Waals surface area contributed by atoms with Gasteiger partial charge in [-0.3, -0.25) is 14.6 Å². The summed E-state index contributed by atoms with van der Waals surface area (Å²) in [5, 5.41) is 19.7. The molecule has 0 amide bonds. The number of benzene rings is 2. The van der Waals surface area contributed by atoms with E-state index in [1.54, 1.807) is 0 Å². The fourth-order valence-corrected chi connectivity index (χ4v) is 3.51. The van der Waals surface area contributed by atoms with E-state index in [1.807, 2.05) is 6.07 Å². The summed E-state index contributed by atoms with van der Waals surface area (Å²) in [5.74, 6) is -0.696. The first-order valence-corrected chi connectivity index (χ1v) is 9.06. The lowest BCUT2D eigenvalue weighted by Crippen LogP contribution is -2.45. The molecule has 0 aliphatic carbocycles. The van der Waals surface area contributed by atoms with E-state index in [4.69, 9.17) is 4.42 Å². The number of fused-ring (bicyclic) bond motifs is 1. The lowest BCUT2D eigenvalue weighted by molar-refractivity contribution is 0.121. The molecule has 0 spiro atoms. The third-order valence-electron chi connectivity index (χ3n) is 5.07. The van der Waals surface area contributed by atoms with Crippen molar-refractivity contribution >= 4 is 11.0 Å². The molecule has 1 saturated heterocycles. The van der Waals surface area contributed by atoms with E-state index < -0.39 is 5.75 Å². The standard InChI is InChI=1S/C21H22N2O4/c24-18-7-6-17-19(25)16(14-27-21(17)20(18)26)13-23-10-8-22(9-11-23)12-15-4-2-1-3-5-15/h1-7,14,24,26H,8-13H2. The van der Waals surface area contributed by atoms with E-state index in [9.17, 15) is 15.0 Å². The number of phenols is 2. The summed E-state index contributed by atoms with van der Waals surface area (Å²) in [6, 6.07) is 13.2. The van der Waals surface area contributed by atoms with E-state index in [1.165, 1.54) is 24.0 Å². The van der Waals surface area contributed by atoms with E-state index in [-0.39, 0.29) is 22.1 Å². The highest BCUT2D eigenvalue weighted by atomic mass is 16.4. The third-order valence-corrected chi connectivity index (χ3v) is 5.07. The van der Waals surface area contributed by atoms with Crippen LogP contribution >= 0.6 is 0 Å². The van der Waals surface area contributed by atoms with Gasteiger partial charge in [0.25, 0.3) is 0 Å². The highest BCUT2D eigenvalue weighted by molar-refractivity contribution is 5.84. The van der Waals surface area contributed by atoms with Crippen molar-refractivity contribution in [3.8, 4) is 11.5 Å². The molecule has 0 atom stereocenters. The molecule has 0 bridgehead atoms. The summed E-state index contributed by atoms with van der Waals surface area (Å²) < 4.78 is 5.43. The largest absolute Gasteiger partial charge is 0.504 e. The second kappa shape index (κ2) is 7.42. The molecule has 4 rings (SSSR count). The number of aromatic hydroxyl groups is 2. The van der Waals surface area contributed by atoms with Crippen LogP contribution in [0, 0.1) is 0 Å². The summed E-state index contributed by atoms with van der Waals surface area (Å²) in [6.45, 7) is 5.11. The van der Waals surface area contributed by atoms with Crippen molar-refractivity contribution in [1.29, 1.82) is 0 Å². The lowest BCUT2D eigenvalue weighted by atomic mass is 10.1. The van der Waals surface area contributed by atoms with E-state index in [2.05, 4.69) is 34.1 Å². The first-order chi connectivity index (χ1) is 13.1. The molecule has 0 saturated carbocycles. The topological polar surface area (TPSA) is 77.2 Å². The van der Waals surface area contributed by atoms with Crippen LogP contribution in [0.4, 0.5) is 0 Å². The maximum Gasteiger partial charge on any atom is 0.201 e. The van der Waals surface area contributed by atoms with Crippen molar-refractivity contribution in [2.75, 3.05) is 26.2 Å². The molecule has 140 valence electrons. The first-order valence-electron chi connectivity index (χ1n) is 9.06. The molecule has 1 aliphatic heterocycles. The fraction of sp³-hybridized carbons (Fsp3) is 0.286. The number of phenolic OH excluding ortho intramolecular Hbond substituents is 2. The highest BCUT2D eigenvalue weighted by Crippen LogP contribution is 2.32. The SMILES string of the molecule is O=c1c(CN2CCN(Cc3ccccc3)CC2)coc2c(O)c(O)ccc12. The Kier molecular flexibility index (Phi) is 4.83. The third kappa shape index (κ3) is 3.67. The Hall–Kier alpha value is -2.83. The van der Waals surface area contributed by atoms with Crippen LogP contribution in [0.15, 0.2) is 57.9 Å². The highest BCUT2D eigenvalue weighted by Gasteiger charge is 2.19. The number of piperazine rings is 1. The molecule has 1 fully saturated rings. The quantitative estimate of drug-likeness (QED) is 0.691. The maximum atomic E-state index is 12.7. The Bertz CT molecular complexity index is 992. The molecule has 0 unspecified atom stereocenters. The predicted octanol–water partition coefficient (Wildman–Crippen LogP) is 2.52. The molecule has 2 N–H and O–H groups in total. The van der Waals surface area contributed by atoms with E-state index >= 15 is 0 Å². The van der Waals surface area contributed by atoms with Gasteiger partial charge in [0.2, 0.25) is 5.75 Å². The van der Waals surface area contributed by atoms with Crippen LogP contribution in [0.25, 0.3) is 11.0 Å². The second-order valence-electron chi connectivity index (χ2n) is 6.94. The van der Waals surface area contributed by atoms with Gasteiger partial charge in [0, 0.05) is 44.8 Å². The summed E-state index contributed by atoms with van der Waals surface area (Å²) in [7, 11) is 0. The summed E-state index contributed by atoms with van der Waals surface area (Å²) in [6.07, 6.45) is 1.39. The van der Waals surface area contributed by atoms with E-state index in [0.29, 0.717) is 12.1 Å². The van der Waals surface area contributed by atoms with Crippen molar-refractivity contribution in [3.05, 3.63) is 70.1 Å². The second-order valence-corrected chi connectivity index (χ2v) is 6.94. The minimum Gasteiger partial charge on any atom is -0.504 e. The molecule has 27 heavy (non-hydrogen) atoms. The Balaban J connectivity index is 1.43. The van der Waals surface area contributed by atoms with Crippen molar-refractivity contribution in [1.82, 2.24) is 9.80 Å². The molecular weight excluding hydrogens is 344 g/mol. The molecule has 1 aliphatic rings. The van der Waals surface area contributed by atoms with Crippen molar-refractivity contribution in [2.45, 2.75) is 13.1 Å². The molecule has 6 nitrogen and oxygen atoms in total. The molecule has 6 heteroatoms. The Morgan fingerprint density at radius 1 is 0.889 bits per heavy atom. The fourth-order valence-electron chi connectivity index (χ4n) is 3.51. The lowest BCUT2D eigenvalue weighted by Gasteiger charge is -2.34. The average Bonchev–Trinajstić information content (AvgIpc) is 2.69. The van der Waals surface area contributed by atoms with Crippen molar-refractivity contribution < 1.29 is 14.6 Å². The van der Waals surface area contributed by atoms with Gasteiger partial charge in [0.1, 0.15) is 0 Å². The summed E-state index contributed by atoms with van der Waals surface area (Å²) >= 11 is 0. The van der Waals surface area contributed by atoms with Crippen LogP contribution in [-0.4, -0.2) is 46.2 Å². The zero-order chi connectivity index (χ0) is 18.8. The van der Waals surface area contributed by atoms with Crippen LogP contribution in [0.3, 0.4) is 0 Å². The predicted molar refractivity (Wildman–Crippen MR) is 103 cm³/mol. The molecule has 3 aromatic rings. The van der Waals surface area contributed by atoms with Gasteiger partial charge in [-0.1, -0.05) is 30.3 Å². The van der Waals surface area contributed by atoms with Gasteiger partial charge in [-0.25, -0.2) is 0 Å². The van der Waals surface area contributed by atoms with Crippen LogP contribution in [-0.2, 0) is 13.1 Å². The van der Waals surface area contributed by atoms with Gasteiger partial charge in [-0.15, -0.1) is 0 Å². The minimum atomic E-state index is -0.398. The van der Waals surface area contributed by atoms with Crippen molar-refractivity contribution in [2.24, 2.45) is 0 Å². The minimum absolute atomic E-state index is 0.0245. The van der Waals surface area contributed by atoms with Crippen molar-refractivity contribution in [3.63, 3.8) is 0 Å². The maximum absolute atomic E-state index is 12.7. The van der Waals surface area contributed by atoms with E-state index in [0.717, 1.165) is 32.7 Å². The van der Waals surface area contributed by atoms with Gasteiger partial charge in [-0.2, -0.15) is 0 Å². The smallest absolute Gasteiger partial charge is 0.201 e. The monoisotopic (exact) mass is 366 g/mol. The first kappa shape index (κ1) is 17.6. The van der Waals surface area contributed by atoms with Gasteiger partial charge >= 0.3 is 0 Å².